The number of carbonyl (C=O) groups excluding carboxylic acids is 1. The summed E-state index contributed by atoms with van der Waals surface area (Å²) in [6.07, 6.45) is 3.88. The van der Waals surface area contributed by atoms with E-state index in [0.29, 0.717) is 12.1 Å². The van der Waals surface area contributed by atoms with Crippen molar-refractivity contribution in [2.24, 2.45) is 0 Å². The molecule has 2 bridgehead atoms. The van der Waals surface area contributed by atoms with Gasteiger partial charge in [-0.15, -0.1) is 0 Å². The van der Waals surface area contributed by atoms with Crippen LogP contribution in [0.15, 0.2) is 0 Å². The van der Waals surface area contributed by atoms with Gasteiger partial charge in [0.15, 0.2) is 0 Å². The van der Waals surface area contributed by atoms with Gasteiger partial charge < -0.3 is 10.6 Å². The van der Waals surface area contributed by atoms with Crippen molar-refractivity contribution in [1.82, 2.24) is 10.6 Å². The Morgan fingerprint density at radius 2 is 1.88 bits per heavy atom. The number of nitrogens with one attached hydrogen (secondary N) is 2. The maximum atomic E-state index is 11.9. The molecule has 0 saturated carbocycles. The van der Waals surface area contributed by atoms with Crippen molar-refractivity contribution in [2.45, 2.75) is 49.3 Å². The topological polar surface area (TPSA) is 41.1 Å². The van der Waals surface area contributed by atoms with E-state index in [2.05, 4.69) is 10.6 Å². The second-order valence-electron chi connectivity index (χ2n) is 4.61. The molecule has 2 unspecified atom stereocenters. The summed E-state index contributed by atoms with van der Waals surface area (Å²) in [5, 5.41) is 6.11. The highest BCUT2D eigenvalue weighted by atomic mass is 32.2. The summed E-state index contributed by atoms with van der Waals surface area (Å²) < 4.78 is 35.7. The zero-order valence-corrected chi connectivity index (χ0v) is 10.0. The number of hydrogen-bond acceptors (Lipinski definition) is 3. The largest absolute Gasteiger partial charge is 0.442 e. The van der Waals surface area contributed by atoms with E-state index in [1.807, 2.05) is 0 Å². The van der Waals surface area contributed by atoms with Gasteiger partial charge in [0, 0.05) is 18.1 Å². The second-order valence-corrected chi connectivity index (χ2v) is 5.65. The molecule has 2 aliphatic heterocycles. The number of alkyl halides is 3. The SMILES string of the molecule is O=C(CSC(F)(F)F)NC1CC2CCC(C1)N2. The smallest absolute Gasteiger partial charge is 0.353 e. The summed E-state index contributed by atoms with van der Waals surface area (Å²) in [7, 11) is 0. The Morgan fingerprint density at radius 3 is 2.41 bits per heavy atom. The Labute approximate surface area is 102 Å². The summed E-state index contributed by atoms with van der Waals surface area (Å²) in [5.74, 6) is -1.05. The fourth-order valence-corrected chi connectivity index (χ4v) is 2.97. The molecule has 0 aromatic heterocycles. The van der Waals surface area contributed by atoms with Gasteiger partial charge in [-0.25, -0.2) is 0 Å². The predicted molar refractivity (Wildman–Crippen MR) is 59.6 cm³/mol. The predicted octanol–water partition coefficient (Wildman–Crippen LogP) is 1.64. The molecule has 1 amide bonds. The van der Waals surface area contributed by atoms with Crippen molar-refractivity contribution in [3.05, 3.63) is 0 Å². The molecule has 2 fully saturated rings. The number of fused-ring (bicyclic) bond motifs is 2. The van der Waals surface area contributed by atoms with Gasteiger partial charge in [0.1, 0.15) is 0 Å². The van der Waals surface area contributed by atoms with Crippen LogP contribution in [-0.4, -0.2) is 35.3 Å². The highest BCUT2D eigenvalue weighted by Gasteiger charge is 2.34. The number of rotatable bonds is 3. The first-order valence-electron chi connectivity index (χ1n) is 5.68. The molecule has 0 aliphatic carbocycles. The van der Waals surface area contributed by atoms with Crippen molar-refractivity contribution in [1.29, 1.82) is 0 Å². The first kappa shape index (κ1) is 13.0. The van der Waals surface area contributed by atoms with Crippen molar-refractivity contribution in [2.75, 3.05) is 5.75 Å². The molecule has 2 N–H and O–H groups in total. The number of carbonyl (C=O) groups is 1. The van der Waals surface area contributed by atoms with Crippen LogP contribution in [0.4, 0.5) is 13.2 Å². The fraction of sp³-hybridized carbons (Fsp3) is 0.900. The lowest BCUT2D eigenvalue weighted by molar-refractivity contribution is -0.119. The molecule has 3 nitrogen and oxygen atoms in total. The highest BCUT2D eigenvalue weighted by Crippen LogP contribution is 2.30. The molecule has 98 valence electrons. The molecule has 0 spiro atoms. The lowest BCUT2D eigenvalue weighted by Crippen LogP contribution is -2.48. The maximum absolute atomic E-state index is 11.9. The van der Waals surface area contributed by atoms with Crippen LogP contribution in [0, 0.1) is 0 Å². The van der Waals surface area contributed by atoms with Gasteiger partial charge in [0.05, 0.1) is 5.75 Å². The molecule has 17 heavy (non-hydrogen) atoms. The van der Waals surface area contributed by atoms with E-state index >= 15 is 0 Å². The Bertz CT molecular complexity index is 286. The third-order valence-corrected chi connectivity index (χ3v) is 3.94. The summed E-state index contributed by atoms with van der Waals surface area (Å²) >= 11 is -0.280. The van der Waals surface area contributed by atoms with E-state index in [9.17, 15) is 18.0 Å². The van der Waals surface area contributed by atoms with Crippen molar-refractivity contribution >= 4 is 17.7 Å². The van der Waals surface area contributed by atoms with E-state index in [-0.39, 0.29) is 17.8 Å². The Morgan fingerprint density at radius 1 is 1.29 bits per heavy atom. The molecule has 0 aromatic carbocycles. The summed E-state index contributed by atoms with van der Waals surface area (Å²) in [6.45, 7) is 0. The molecule has 2 atom stereocenters. The highest BCUT2D eigenvalue weighted by molar-refractivity contribution is 8.00. The minimum Gasteiger partial charge on any atom is -0.353 e. The van der Waals surface area contributed by atoms with Gasteiger partial charge in [-0.3, -0.25) is 4.79 Å². The van der Waals surface area contributed by atoms with Gasteiger partial charge >= 0.3 is 5.51 Å². The monoisotopic (exact) mass is 268 g/mol. The van der Waals surface area contributed by atoms with E-state index < -0.39 is 17.2 Å². The minimum absolute atomic E-state index is 0.0371. The van der Waals surface area contributed by atoms with Crippen molar-refractivity contribution < 1.29 is 18.0 Å². The van der Waals surface area contributed by atoms with Gasteiger partial charge in [-0.1, -0.05) is 0 Å². The third-order valence-electron chi connectivity index (χ3n) is 3.21. The number of hydrogen-bond donors (Lipinski definition) is 2. The van der Waals surface area contributed by atoms with E-state index in [4.69, 9.17) is 0 Å². The third kappa shape index (κ3) is 4.06. The molecule has 0 radical (unpaired) electrons. The fourth-order valence-electron chi connectivity index (χ4n) is 2.59. The van der Waals surface area contributed by atoms with E-state index in [1.165, 1.54) is 0 Å². The average molecular weight is 268 g/mol. The molecule has 0 aromatic rings. The van der Waals surface area contributed by atoms with Crippen LogP contribution in [0.2, 0.25) is 0 Å². The molecule has 2 saturated heterocycles. The number of halogens is 3. The molecule has 7 heteroatoms. The average Bonchev–Trinajstić information content (AvgIpc) is 2.54. The van der Waals surface area contributed by atoms with Crippen LogP contribution in [0.3, 0.4) is 0 Å². The molecule has 2 heterocycles. The van der Waals surface area contributed by atoms with Crippen LogP contribution in [-0.2, 0) is 4.79 Å². The standard InChI is InChI=1S/C10H15F3N2OS/c11-10(12,13)17-5-9(16)15-8-3-6-1-2-7(4-8)14-6/h6-8,14H,1-5H2,(H,15,16). The van der Waals surface area contributed by atoms with Crippen LogP contribution in [0.1, 0.15) is 25.7 Å². The summed E-state index contributed by atoms with van der Waals surface area (Å²) in [4.78, 5) is 11.3. The van der Waals surface area contributed by atoms with E-state index in [0.717, 1.165) is 25.7 Å². The Kier molecular flexibility index (Phi) is 3.87. The van der Waals surface area contributed by atoms with E-state index in [1.54, 1.807) is 0 Å². The minimum atomic E-state index is -4.33. The van der Waals surface area contributed by atoms with Gasteiger partial charge in [0.25, 0.3) is 0 Å². The first-order valence-corrected chi connectivity index (χ1v) is 6.67. The zero-order valence-electron chi connectivity index (χ0n) is 9.22. The maximum Gasteiger partial charge on any atom is 0.442 e. The quantitative estimate of drug-likeness (QED) is 0.817. The van der Waals surface area contributed by atoms with Crippen LogP contribution >= 0.6 is 11.8 Å². The van der Waals surface area contributed by atoms with Gasteiger partial charge in [-0.05, 0) is 37.4 Å². The van der Waals surface area contributed by atoms with Crippen molar-refractivity contribution in [3.8, 4) is 0 Å². The number of piperidine rings is 1. The first-order chi connectivity index (χ1) is 7.92. The lowest BCUT2D eigenvalue weighted by atomic mass is 10.00. The summed E-state index contributed by atoms with van der Waals surface area (Å²) in [6, 6.07) is 0.888. The van der Waals surface area contributed by atoms with Crippen LogP contribution in [0.25, 0.3) is 0 Å². The number of thioether (sulfide) groups is 1. The van der Waals surface area contributed by atoms with Crippen LogP contribution < -0.4 is 10.6 Å². The van der Waals surface area contributed by atoms with Crippen LogP contribution in [0.5, 0.6) is 0 Å². The molecule has 2 rings (SSSR count). The van der Waals surface area contributed by atoms with Gasteiger partial charge in [-0.2, -0.15) is 13.2 Å². The Balaban J connectivity index is 1.72. The normalized spacial score (nSPS) is 32.5. The zero-order chi connectivity index (χ0) is 12.5. The van der Waals surface area contributed by atoms with Crippen molar-refractivity contribution in [3.63, 3.8) is 0 Å². The lowest BCUT2D eigenvalue weighted by Gasteiger charge is -2.29. The second kappa shape index (κ2) is 5.06. The number of amides is 1. The van der Waals surface area contributed by atoms with Gasteiger partial charge in [0.2, 0.25) is 5.91 Å². The molecular weight excluding hydrogens is 253 g/mol. The molecule has 2 aliphatic rings. The Hall–Kier alpha value is -0.430. The summed E-state index contributed by atoms with van der Waals surface area (Å²) in [5.41, 5.74) is -4.33. The molecular formula is C10H15F3N2OS.